The number of carbonyl (C=O) groups excluding carboxylic acids is 3. The summed E-state index contributed by atoms with van der Waals surface area (Å²) in [7, 11) is 0. The van der Waals surface area contributed by atoms with Crippen LogP contribution in [0.25, 0.3) is 0 Å². The number of hydrogen-bond donors (Lipinski definition) is 2. The fraction of sp³-hybridized carbons (Fsp3) is 0.526. The molecule has 3 N–H and O–H groups in total. The second-order valence-corrected chi connectivity index (χ2v) is 7.60. The SMILES string of the molecule is CC(C)(C)OC(=O)N1CCC[C@@H](CC(=O)Nc2ccccc2C(N)=O)C1. The average Bonchev–Trinajstić information content (AvgIpc) is 2.53. The second kappa shape index (κ2) is 8.21. The zero-order chi connectivity index (χ0) is 19.3. The van der Waals surface area contributed by atoms with Crippen LogP contribution in [0.15, 0.2) is 24.3 Å². The summed E-state index contributed by atoms with van der Waals surface area (Å²) in [5.41, 5.74) is 5.47. The molecule has 0 aromatic heterocycles. The van der Waals surface area contributed by atoms with Crippen LogP contribution in [-0.2, 0) is 9.53 Å². The van der Waals surface area contributed by atoms with Gasteiger partial charge in [-0.3, -0.25) is 9.59 Å². The fourth-order valence-corrected chi connectivity index (χ4v) is 2.99. The molecule has 1 saturated heterocycles. The Morgan fingerprint density at radius 1 is 1.27 bits per heavy atom. The highest BCUT2D eigenvalue weighted by atomic mass is 16.6. The molecule has 1 aromatic carbocycles. The molecule has 0 radical (unpaired) electrons. The molecule has 1 aromatic rings. The maximum absolute atomic E-state index is 12.4. The normalized spacial score (nSPS) is 17.5. The van der Waals surface area contributed by atoms with E-state index in [-0.39, 0.29) is 29.9 Å². The molecule has 1 aliphatic heterocycles. The minimum absolute atomic E-state index is 0.0528. The molecule has 2 rings (SSSR count). The molecule has 0 aliphatic carbocycles. The molecule has 7 heteroatoms. The third-order valence-corrected chi connectivity index (χ3v) is 4.11. The largest absolute Gasteiger partial charge is 0.444 e. The first-order valence-electron chi connectivity index (χ1n) is 8.82. The number of para-hydroxylation sites is 1. The van der Waals surface area contributed by atoms with E-state index in [1.54, 1.807) is 29.2 Å². The van der Waals surface area contributed by atoms with Crippen LogP contribution in [0.2, 0.25) is 0 Å². The fourth-order valence-electron chi connectivity index (χ4n) is 2.99. The van der Waals surface area contributed by atoms with Crippen molar-refractivity contribution < 1.29 is 19.1 Å². The lowest BCUT2D eigenvalue weighted by Crippen LogP contribution is -2.43. The zero-order valence-electron chi connectivity index (χ0n) is 15.6. The van der Waals surface area contributed by atoms with Crippen molar-refractivity contribution in [3.05, 3.63) is 29.8 Å². The average molecular weight is 361 g/mol. The van der Waals surface area contributed by atoms with Gasteiger partial charge in [-0.1, -0.05) is 12.1 Å². The van der Waals surface area contributed by atoms with E-state index in [0.29, 0.717) is 18.8 Å². The number of nitrogens with two attached hydrogens (primary N) is 1. The van der Waals surface area contributed by atoms with E-state index in [1.807, 2.05) is 20.8 Å². The molecule has 1 fully saturated rings. The molecule has 142 valence electrons. The van der Waals surface area contributed by atoms with Crippen molar-refractivity contribution in [2.24, 2.45) is 11.7 Å². The molecule has 0 unspecified atom stereocenters. The third kappa shape index (κ3) is 5.75. The maximum Gasteiger partial charge on any atom is 0.410 e. The van der Waals surface area contributed by atoms with Crippen LogP contribution >= 0.6 is 0 Å². The van der Waals surface area contributed by atoms with E-state index in [2.05, 4.69) is 5.32 Å². The number of benzene rings is 1. The van der Waals surface area contributed by atoms with Crippen LogP contribution in [0.3, 0.4) is 0 Å². The van der Waals surface area contributed by atoms with Crippen LogP contribution in [0, 0.1) is 5.92 Å². The van der Waals surface area contributed by atoms with Crippen molar-refractivity contribution in [1.29, 1.82) is 0 Å². The predicted octanol–water partition coefficient (Wildman–Crippen LogP) is 2.76. The lowest BCUT2D eigenvalue weighted by molar-refractivity contribution is -0.117. The number of amides is 3. The topological polar surface area (TPSA) is 102 Å². The molecule has 26 heavy (non-hydrogen) atoms. The molecule has 0 spiro atoms. The van der Waals surface area contributed by atoms with Crippen LogP contribution < -0.4 is 11.1 Å². The van der Waals surface area contributed by atoms with Gasteiger partial charge in [-0.15, -0.1) is 0 Å². The van der Waals surface area contributed by atoms with Gasteiger partial charge in [0.15, 0.2) is 0 Å². The zero-order valence-corrected chi connectivity index (χ0v) is 15.6. The summed E-state index contributed by atoms with van der Waals surface area (Å²) in [6, 6.07) is 6.64. The number of ether oxygens (including phenoxy) is 1. The van der Waals surface area contributed by atoms with Crippen molar-refractivity contribution in [3.63, 3.8) is 0 Å². The lowest BCUT2D eigenvalue weighted by atomic mass is 9.94. The standard InChI is InChI=1S/C19H27N3O4/c1-19(2,3)26-18(25)22-10-6-7-13(12-22)11-16(23)21-15-9-5-4-8-14(15)17(20)24/h4-5,8-9,13H,6-7,10-12H2,1-3H3,(H2,20,24)(H,21,23)/t13-/m0/s1. The van der Waals surface area contributed by atoms with Gasteiger partial charge in [0.1, 0.15) is 5.60 Å². The Hall–Kier alpha value is -2.57. The summed E-state index contributed by atoms with van der Waals surface area (Å²) in [6.07, 6.45) is 1.62. The van der Waals surface area contributed by atoms with Crippen LogP contribution in [0.1, 0.15) is 50.4 Å². The van der Waals surface area contributed by atoms with Crippen LogP contribution in [0.4, 0.5) is 10.5 Å². The monoisotopic (exact) mass is 361 g/mol. The van der Waals surface area contributed by atoms with E-state index in [0.717, 1.165) is 12.8 Å². The number of anilines is 1. The number of carbonyl (C=O) groups is 3. The van der Waals surface area contributed by atoms with Gasteiger partial charge in [-0.25, -0.2) is 4.79 Å². The molecule has 1 aliphatic rings. The van der Waals surface area contributed by atoms with Gasteiger partial charge in [-0.2, -0.15) is 0 Å². The van der Waals surface area contributed by atoms with Gasteiger partial charge in [0.2, 0.25) is 5.91 Å². The molecule has 7 nitrogen and oxygen atoms in total. The van der Waals surface area contributed by atoms with E-state index in [9.17, 15) is 14.4 Å². The summed E-state index contributed by atoms with van der Waals surface area (Å²) in [4.78, 5) is 37.7. The number of nitrogens with zero attached hydrogens (tertiary/aromatic N) is 1. The summed E-state index contributed by atoms with van der Waals surface area (Å²) in [5.74, 6) is -0.735. The van der Waals surface area contributed by atoms with Crippen molar-refractivity contribution in [2.75, 3.05) is 18.4 Å². The Bertz CT molecular complexity index is 682. The van der Waals surface area contributed by atoms with E-state index in [1.165, 1.54) is 0 Å². The van der Waals surface area contributed by atoms with Gasteiger partial charge in [0, 0.05) is 19.5 Å². The highest BCUT2D eigenvalue weighted by Gasteiger charge is 2.28. The Kier molecular flexibility index (Phi) is 6.23. The van der Waals surface area contributed by atoms with Gasteiger partial charge in [-0.05, 0) is 51.7 Å². The minimum Gasteiger partial charge on any atom is -0.444 e. The van der Waals surface area contributed by atoms with Gasteiger partial charge in [0.25, 0.3) is 5.91 Å². The van der Waals surface area contributed by atoms with Crippen LogP contribution in [-0.4, -0.2) is 41.5 Å². The maximum atomic E-state index is 12.4. The number of nitrogens with one attached hydrogen (secondary N) is 1. The van der Waals surface area contributed by atoms with E-state index < -0.39 is 11.5 Å². The lowest BCUT2D eigenvalue weighted by Gasteiger charge is -2.34. The number of hydrogen-bond acceptors (Lipinski definition) is 4. The van der Waals surface area contributed by atoms with Crippen molar-refractivity contribution in [1.82, 2.24) is 4.90 Å². The molecule has 0 bridgehead atoms. The Labute approximate surface area is 153 Å². The van der Waals surface area contributed by atoms with Gasteiger partial charge >= 0.3 is 6.09 Å². The van der Waals surface area contributed by atoms with Gasteiger partial charge in [0.05, 0.1) is 11.3 Å². The summed E-state index contributed by atoms with van der Waals surface area (Å²) in [6.45, 7) is 6.61. The molecule has 1 atom stereocenters. The highest BCUT2D eigenvalue weighted by molar-refractivity contribution is 6.03. The summed E-state index contributed by atoms with van der Waals surface area (Å²) in [5, 5.41) is 2.75. The summed E-state index contributed by atoms with van der Waals surface area (Å²) >= 11 is 0. The third-order valence-electron chi connectivity index (χ3n) is 4.11. The highest BCUT2D eigenvalue weighted by Crippen LogP contribution is 2.23. The van der Waals surface area contributed by atoms with E-state index in [4.69, 9.17) is 10.5 Å². The smallest absolute Gasteiger partial charge is 0.410 e. The van der Waals surface area contributed by atoms with E-state index >= 15 is 0 Å². The number of primary amides is 1. The first-order chi connectivity index (χ1) is 12.2. The molecular weight excluding hydrogens is 334 g/mol. The number of piperidine rings is 1. The quantitative estimate of drug-likeness (QED) is 0.861. The Balaban J connectivity index is 1.93. The second-order valence-electron chi connectivity index (χ2n) is 7.60. The Morgan fingerprint density at radius 2 is 1.96 bits per heavy atom. The molecule has 0 saturated carbocycles. The molecule has 3 amide bonds. The van der Waals surface area contributed by atoms with Crippen LogP contribution in [0.5, 0.6) is 0 Å². The molecular formula is C19H27N3O4. The first-order valence-corrected chi connectivity index (χ1v) is 8.82. The molecule has 1 heterocycles. The number of rotatable bonds is 4. The van der Waals surface area contributed by atoms with Crippen molar-refractivity contribution in [2.45, 2.75) is 45.6 Å². The van der Waals surface area contributed by atoms with Crippen molar-refractivity contribution in [3.8, 4) is 0 Å². The van der Waals surface area contributed by atoms with Crippen molar-refractivity contribution >= 4 is 23.6 Å². The van der Waals surface area contributed by atoms with Gasteiger partial charge < -0.3 is 20.7 Å². The first kappa shape index (κ1) is 19.8. The minimum atomic E-state index is -0.588. The summed E-state index contributed by atoms with van der Waals surface area (Å²) < 4.78 is 5.40. The Morgan fingerprint density at radius 3 is 2.62 bits per heavy atom. The predicted molar refractivity (Wildman–Crippen MR) is 98.7 cm³/mol. The number of likely N-dealkylation sites (tertiary alicyclic amines) is 1.